The van der Waals surface area contributed by atoms with E-state index in [9.17, 15) is 9.59 Å². The molecule has 0 fully saturated rings. The standard InChI is InChI=1S/C17H16N4O2/c22-16(20-21-17(23)13-4-3-9-18-10-13)8-7-12-11-19-15-6-2-1-5-14(12)15/h1-6,9-11,19H,7-8H2,(H,20,22)(H,21,23). The summed E-state index contributed by atoms with van der Waals surface area (Å²) in [5.41, 5.74) is 7.31. The molecule has 6 heteroatoms. The van der Waals surface area contributed by atoms with Crippen molar-refractivity contribution in [1.29, 1.82) is 0 Å². The summed E-state index contributed by atoms with van der Waals surface area (Å²) in [5.74, 6) is -0.633. The average Bonchev–Trinajstić information content (AvgIpc) is 3.02. The summed E-state index contributed by atoms with van der Waals surface area (Å²) in [6, 6.07) is 11.2. The Hall–Kier alpha value is -3.15. The number of fused-ring (bicyclic) bond motifs is 1. The Balaban J connectivity index is 1.51. The summed E-state index contributed by atoms with van der Waals surface area (Å²) in [5, 5.41) is 1.11. The number of nitrogens with one attached hydrogen (secondary N) is 3. The second kappa shape index (κ2) is 6.74. The van der Waals surface area contributed by atoms with Gasteiger partial charge in [0.05, 0.1) is 5.56 Å². The monoisotopic (exact) mass is 308 g/mol. The van der Waals surface area contributed by atoms with Gasteiger partial charge >= 0.3 is 0 Å². The van der Waals surface area contributed by atoms with Gasteiger partial charge in [-0.25, -0.2) is 0 Å². The lowest BCUT2D eigenvalue weighted by Gasteiger charge is -2.07. The Labute approximate surface area is 132 Å². The van der Waals surface area contributed by atoms with Gasteiger partial charge in [-0.05, 0) is 30.2 Å². The number of aromatic nitrogens is 2. The highest BCUT2D eigenvalue weighted by Gasteiger charge is 2.09. The number of hydrogen-bond acceptors (Lipinski definition) is 3. The molecule has 0 aliphatic heterocycles. The van der Waals surface area contributed by atoms with Gasteiger partial charge in [0.15, 0.2) is 0 Å². The van der Waals surface area contributed by atoms with Gasteiger partial charge in [-0.1, -0.05) is 18.2 Å². The van der Waals surface area contributed by atoms with Gasteiger partial charge in [0.1, 0.15) is 0 Å². The van der Waals surface area contributed by atoms with E-state index in [0.29, 0.717) is 12.0 Å². The molecule has 0 bridgehead atoms. The summed E-state index contributed by atoms with van der Waals surface area (Å²) in [4.78, 5) is 30.7. The summed E-state index contributed by atoms with van der Waals surface area (Å²) >= 11 is 0. The largest absolute Gasteiger partial charge is 0.361 e. The number of carbonyl (C=O) groups is 2. The quantitative estimate of drug-likeness (QED) is 0.644. The normalized spacial score (nSPS) is 10.4. The summed E-state index contributed by atoms with van der Waals surface area (Å²) in [6.07, 6.45) is 5.81. The van der Waals surface area contributed by atoms with Crippen molar-refractivity contribution in [2.75, 3.05) is 0 Å². The van der Waals surface area contributed by atoms with Crippen LogP contribution in [0.15, 0.2) is 55.0 Å². The number of hydrazine groups is 1. The average molecular weight is 308 g/mol. The van der Waals surface area contributed by atoms with Gasteiger partial charge < -0.3 is 4.98 Å². The molecule has 0 atom stereocenters. The van der Waals surface area contributed by atoms with Crippen LogP contribution in [0.5, 0.6) is 0 Å². The topological polar surface area (TPSA) is 86.9 Å². The van der Waals surface area contributed by atoms with E-state index < -0.39 is 5.91 Å². The second-order valence-corrected chi connectivity index (χ2v) is 5.10. The maximum atomic E-state index is 11.9. The highest BCUT2D eigenvalue weighted by atomic mass is 16.2. The molecule has 3 rings (SSSR count). The Bertz CT molecular complexity index is 827. The van der Waals surface area contributed by atoms with Crippen molar-refractivity contribution in [3.8, 4) is 0 Å². The number of para-hydroxylation sites is 1. The number of hydrogen-bond donors (Lipinski definition) is 3. The van der Waals surface area contributed by atoms with Crippen molar-refractivity contribution in [3.05, 3.63) is 66.1 Å². The molecule has 23 heavy (non-hydrogen) atoms. The SMILES string of the molecule is O=C(CCc1c[nH]c2ccccc12)NNC(=O)c1cccnc1. The molecule has 0 saturated heterocycles. The van der Waals surface area contributed by atoms with E-state index in [-0.39, 0.29) is 12.3 Å². The van der Waals surface area contributed by atoms with Crippen LogP contribution in [-0.4, -0.2) is 21.8 Å². The lowest BCUT2D eigenvalue weighted by molar-refractivity contribution is -0.121. The summed E-state index contributed by atoms with van der Waals surface area (Å²) < 4.78 is 0. The van der Waals surface area contributed by atoms with Crippen LogP contribution in [0.2, 0.25) is 0 Å². The van der Waals surface area contributed by atoms with Crippen LogP contribution in [0.3, 0.4) is 0 Å². The van der Waals surface area contributed by atoms with E-state index in [1.807, 2.05) is 30.5 Å². The first-order chi connectivity index (χ1) is 11.2. The Kier molecular flexibility index (Phi) is 4.33. The number of H-pyrrole nitrogens is 1. The van der Waals surface area contributed by atoms with Crippen LogP contribution >= 0.6 is 0 Å². The van der Waals surface area contributed by atoms with Crippen molar-refractivity contribution in [3.63, 3.8) is 0 Å². The molecule has 3 aromatic rings. The van der Waals surface area contributed by atoms with Crippen molar-refractivity contribution < 1.29 is 9.59 Å². The van der Waals surface area contributed by atoms with Crippen molar-refractivity contribution >= 4 is 22.7 Å². The number of rotatable bonds is 4. The molecule has 0 spiro atoms. The minimum atomic E-state index is -0.390. The fourth-order valence-corrected chi connectivity index (χ4v) is 2.34. The first kappa shape index (κ1) is 14.8. The first-order valence-corrected chi connectivity index (χ1v) is 7.28. The molecule has 3 N–H and O–H groups in total. The lowest BCUT2D eigenvalue weighted by atomic mass is 10.1. The van der Waals surface area contributed by atoms with Gasteiger partial charge in [0, 0.05) is 35.9 Å². The molecule has 2 amide bonds. The summed E-state index contributed by atoms with van der Waals surface area (Å²) in [6.45, 7) is 0. The van der Waals surface area contributed by atoms with Crippen LogP contribution in [0, 0.1) is 0 Å². The fraction of sp³-hybridized carbons (Fsp3) is 0.118. The molecule has 0 aliphatic rings. The predicted octanol–water partition coefficient (Wildman–Crippen LogP) is 1.96. The Morgan fingerprint density at radius 3 is 2.78 bits per heavy atom. The van der Waals surface area contributed by atoms with Crippen LogP contribution in [-0.2, 0) is 11.2 Å². The van der Waals surface area contributed by atoms with Crippen LogP contribution in [0.25, 0.3) is 10.9 Å². The third kappa shape index (κ3) is 3.55. The molecule has 0 unspecified atom stereocenters. The van der Waals surface area contributed by atoms with Gasteiger partial charge in [0.25, 0.3) is 5.91 Å². The number of amides is 2. The fourth-order valence-electron chi connectivity index (χ4n) is 2.34. The number of pyridine rings is 1. The molecule has 0 radical (unpaired) electrons. The molecule has 6 nitrogen and oxygen atoms in total. The highest BCUT2D eigenvalue weighted by molar-refractivity contribution is 5.95. The van der Waals surface area contributed by atoms with Gasteiger partial charge in [0.2, 0.25) is 5.91 Å². The van der Waals surface area contributed by atoms with Crippen molar-refractivity contribution in [2.45, 2.75) is 12.8 Å². The number of aryl methyl sites for hydroxylation is 1. The molecule has 2 aromatic heterocycles. The number of carbonyl (C=O) groups excluding carboxylic acids is 2. The van der Waals surface area contributed by atoms with Gasteiger partial charge in [-0.2, -0.15) is 0 Å². The lowest BCUT2D eigenvalue weighted by Crippen LogP contribution is -2.41. The van der Waals surface area contributed by atoms with Crippen molar-refractivity contribution in [2.24, 2.45) is 0 Å². The number of benzene rings is 1. The molecule has 116 valence electrons. The van der Waals surface area contributed by atoms with Gasteiger partial charge in [-0.15, -0.1) is 0 Å². The zero-order valence-electron chi connectivity index (χ0n) is 12.4. The van der Waals surface area contributed by atoms with Gasteiger partial charge in [-0.3, -0.25) is 25.4 Å². The minimum Gasteiger partial charge on any atom is -0.361 e. The molecule has 0 saturated carbocycles. The zero-order valence-corrected chi connectivity index (χ0v) is 12.4. The highest BCUT2D eigenvalue weighted by Crippen LogP contribution is 2.18. The molecule has 1 aromatic carbocycles. The van der Waals surface area contributed by atoms with E-state index in [1.54, 1.807) is 18.3 Å². The van der Waals surface area contributed by atoms with E-state index >= 15 is 0 Å². The van der Waals surface area contributed by atoms with E-state index in [2.05, 4.69) is 20.8 Å². The van der Waals surface area contributed by atoms with E-state index in [1.165, 1.54) is 6.20 Å². The molecular formula is C17H16N4O2. The smallest absolute Gasteiger partial charge is 0.271 e. The zero-order chi connectivity index (χ0) is 16.1. The Morgan fingerprint density at radius 2 is 1.96 bits per heavy atom. The van der Waals surface area contributed by atoms with E-state index in [4.69, 9.17) is 0 Å². The third-order valence-corrected chi connectivity index (χ3v) is 3.54. The third-order valence-electron chi connectivity index (χ3n) is 3.54. The molecule has 2 heterocycles. The maximum absolute atomic E-state index is 11.9. The predicted molar refractivity (Wildman–Crippen MR) is 86.5 cm³/mol. The van der Waals surface area contributed by atoms with Crippen LogP contribution < -0.4 is 10.9 Å². The second-order valence-electron chi connectivity index (χ2n) is 5.10. The number of aromatic amines is 1. The van der Waals surface area contributed by atoms with E-state index in [0.717, 1.165) is 16.5 Å². The van der Waals surface area contributed by atoms with Crippen LogP contribution in [0.1, 0.15) is 22.3 Å². The minimum absolute atomic E-state index is 0.243. The summed E-state index contributed by atoms with van der Waals surface area (Å²) in [7, 11) is 0. The molecular weight excluding hydrogens is 292 g/mol. The maximum Gasteiger partial charge on any atom is 0.271 e. The Morgan fingerprint density at radius 1 is 1.09 bits per heavy atom. The first-order valence-electron chi connectivity index (χ1n) is 7.28. The van der Waals surface area contributed by atoms with Crippen LogP contribution in [0.4, 0.5) is 0 Å². The van der Waals surface area contributed by atoms with Crippen molar-refractivity contribution in [1.82, 2.24) is 20.8 Å². The number of nitrogens with zero attached hydrogens (tertiary/aromatic N) is 1. The molecule has 0 aliphatic carbocycles.